The molecule has 0 spiro atoms. The summed E-state index contributed by atoms with van der Waals surface area (Å²) in [5.74, 6) is 2.31. The largest absolute Gasteiger partial charge is 0.497 e. The van der Waals surface area contributed by atoms with Crippen molar-refractivity contribution in [3.8, 4) is 17.2 Å². The van der Waals surface area contributed by atoms with Crippen LogP contribution < -0.4 is 19.5 Å². The van der Waals surface area contributed by atoms with Crippen LogP contribution >= 0.6 is 12.2 Å². The lowest BCUT2D eigenvalue weighted by Gasteiger charge is -2.30. The number of nitrogens with one attached hydrogen (secondary N) is 1. The molecular weight excluding hydrogens is 438 g/mol. The van der Waals surface area contributed by atoms with Gasteiger partial charge in [0.2, 0.25) is 0 Å². The molecule has 0 atom stereocenters. The van der Waals surface area contributed by atoms with E-state index in [9.17, 15) is 0 Å². The maximum absolute atomic E-state index is 5.85. The number of nitrogens with zero attached hydrogens (tertiary/aromatic N) is 2. The molecule has 0 saturated carbocycles. The molecule has 0 unspecified atom stereocenters. The molecule has 2 aromatic rings. The van der Waals surface area contributed by atoms with E-state index in [1.54, 1.807) is 14.2 Å². The number of rotatable bonds is 11. The Bertz CT molecular complexity index is 867. The number of para-hydroxylation sites is 1. The summed E-state index contributed by atoms with van der Waals surface area (Å²) >= 11 is 5.85. The van der Waals surface area contributed by atoms with Crippen molar-refractivity contribution in [2.75, 3.05) is 65.5 Å². The first-order valence-corrected chi connectivity index (χ1v) is 11.8. The highest BCUT2D eigenvalue weighted by atomic mass is 32.1. The Morgan fingerprint density at radius 3 is 2.45 bits per heavy atom. The van der Waals surface area contributed by atoms with E-state index in [2.05, 4.69) is 21.2 Å². The lowest BCUT2D eigenvalue weighted by Crippen LogP contribution is -2.40. The molecule has 1 aliphatic rings. The van der Waals surface area contributed by atoms with Crippen molar-refractivity contribution < 1.29 is 18.9 Å². The zero-order valence-corrected chi connectivity index (χ0v) is 20.7. The minimum atomic E-state index is 0.625. The fourth-order valence-corrected chi connectivity index (χ4v) is 4.05. The van der Waals surface area contributed by atoms with Crippen LogP contribution in [0.5, 0.6) is 17.2 Å². The van der Waals surface area contributed by atoms with Crippen LogP contribution in [-0.2, 0) is 11.3 Å². The summed E-state index contributed by atoms with van der Waals surface area (Å²) in [7, 11) is 3.28. The summed E-state index contributed by atoms with van der Waals surface area (Å²) in [5.41, 5.74) is 1.94. The monoisotopic (exact) mass is 473 g/mol. The normalized spacial score (nSPS) is 13.9. The average Bonchev–Trinajstić information content (AvgIpc) is 2.85. The highest BCUT2D eigenvalue weighted by Crippen LogP contribution is 2.26. The van der Waals surface area contributed by atoms with Gasteiger partial charge in [-0.2, -0.15) is 0 Å². The van der Waals surface area contributed by atoms with Gasteiger partial charge in [-0.1, -0.05) is 18.2 Å². The molecule has 33 heavy (non-hydrogen) atoms. The van der Waals surface area contributed by atoms with E-state index in [0.29, 0.717) is 29.8 Å². The molecule has 1 saturated heterocycles. The lowest BCUT2D eigenvalue weighted by molar-refractivity contribution is 0.0367. The quantitative estimate of drug-likeness (QED) is 0.491. The Labute approximate surface area is 202 Å². The summed E-state index contributed by atoms with van der Waals surface area (Å²) in [5, 5.41) is 4.03. The predicted octanol–water partition coefficient (Wildman–Crippen LogP) is 4.02. The third-order valence-electron chi connectivity index (χ3n) is 5.53. The molecule has 0 bridgehead atoms. The molecule has 3 rings (SSSR count). The number of anilines is 1. The number of morpholine rings is 1. The number of hydrogen-bond acceptors (Lipinski definition) is 6. The summed E-state index contributed by atoms with van der Waals surface area (Å²) in [6.07, 6.45) is 1.00. The molecule has 0 radical (unpaired) electrons. The Balaban J connectivity index is 1.73. The fraction of sp³-hybridized carbons (Fsp3) is 0.480. The van der Waals surface area contributed by atoms with Gasteiger partial charge in [-0.25, -0.2) is 0 Å². The van der Waals surface area contributed by atoms with Crippen molar-refractivity contribution in [1.29, 1.82) is 0 Å². The standard InChI is InChI=1S/C25H35N3O4S/c1-4-32-24-9-6-5-8-20(24)19-28(11-7-10-27-12-14-31-15-13-27)25(33)26-21-16-22(29-2)18-23(17-21)30-3/h5-6,8-9,16-18H,4,7,10-15,19H2,1-3H3,(H,26,33). The molecule has 2 aromatic carbocycles. The highest BCUT2D eigenvalue weighted by molar-refractivity contribution is 7.80. The van der Waals surface area contributed by atoms with Crippen LogP contribution in [0.25, 0.3) is 0 Å². The van der Waals surface area contributed by atoms with Gasteiger partial charge in [0, 0.05) is 62.2 Å². The molecular formula is C25H35N3O4S. The van der Waals surface area contributed by atoms with E-state index in [1.165, 1.54) is 0 Å². The first-order valence-electron chi connectivity index (χ1n) is 11.4. The number of methoxy groups -OCH3 is 2. The van der Waals surface area contributed by atoms with E-state index >= 15 is 0 Å². The van der Waals surface area contributed by atoms with Crippen LogP contribution in [0.1, 0.15) is 18.9 Å². The third kappa shape index (κ3) is 7.77. The van der Waals surface area contributed by atoms with Gasteiger partial charge in [0.15, 0.2) is 5.11 Å². The Hall–Kier alpha value is -2.55. The van der Waals surface area contributed by atoms with Crippen molar-refractivity contribution in [3.63, 3.8) is 0 Å². The van der Waals surface area contributed by atoms with Gasteiger partial charge in [0.05, 0.1) is 34.0 Å². The van der Waals surface area contributed by atoms with Crippen molar-refractivity contribution in [3.05, 3.63) is 48.0 Å². The van der Waals surface area contributed by atoms with Crippen LogP contribution in [0, 0.1) is 0 Å². The third-order valence-corrected chi connectivity index (χ3v) is 5.89. The number of hydrogen-bond donors (Lipinski definition) is 1. The average molecular weight is 474 g/mol. The molecule has 1 fully saturated rings. The van der Waals surface area contributed by atoms with Crippen molar-refractivity contribution in [2.24, 2.45) is 0 Å². The van der Waals surface area contributed by atoms with Crippen molar-refractivity contribution in [2.45, 2.75) is 19.9 Å². The summed E-state index contributed by atoms with van der Waals surface area (Å²) in [4.78, 5) is 4.64. The first kappa shape index (κ1) is 25.1. The van der Waals surface area contributed by atoms with Gasteiger partial charge < -0.3 is 29.2 Å². The van der Waals surface area contributed by atoms with Crippen LogP contribution in [-0.4, -0.2) is 75.1 Å². The molecule has 1 N–H and O–H groups in total. The Kier molecular flexibility index (Phi) is 10.1. The van der Waals surface area contributed by atoms with Gasteiger partial charge in [-0.3, -0.25) is 4.90 Å². The van der Waals surface area contributed by atoms with E-state index in [4.69, 9.17) is 31.2 Å². The van der Waals surface area contributed by atoms with E-state index < -0.39 is 0 Å². The first-order chi connectivity index (χ1) is 16.1. The van der Waals surface area contributed by atoms with E-state index in [-0.39, 0.29) is 0 Å². The van der Waals surface area contributed by atoms with Crippen molar-refractivity contribution >= 4 is 23.0 Å². The Morgan fingerprint density at radius 2 is 1.79 bits per heavy atom. The molecule has 180 valence electrons. The molecule has 1 aliphatic heterocycles. The van der Waals surface area contributed by atoms with Gasteiger partial charge in [-0.15, -0.1) is 0 Å². The molecule has 8 heteroatoms. The van der Waals surface area contributed by atoms with E-state index in [0.717, 1.165) is 62.8 Å². The summed E-state index contributed by atoms with van der Waals surface area (Å²) in [6, 6.07) is 13.8. The molecule has 1 heterocycles. The predicted molar refractivity (Wildman–Crippen MR) is 136 cm³/mol. The maximum Gasteiger partial charge on any atom is 0.173 e. The SMILES string of the molecule is CCOc1ccccc1CN(CCCN1CCOCC1)C(=S)Nc1cc(OC)cc(OC)c1. The smallest absolute Gasteiger partial charge is 0.173 e. The Morgan fingerprint density at radius 1 is 1.09 bits per heavy atom. The van der Waals surface area contributed by atoms with Crippen molar-refractivity contribution in [1.82, 2.24) is 9.80 Å². The van der Waals surface area contributed by atoms with Gasteiger partial charge in [0.1, 0.15) is 17.2 Å². The van der Waals surface area contributed by atoms with Gasteiger partial charge >= 0.3 is 0 Å². The maximum atomic E-state index is 5.85. The van der Waals surface area contributed by atoms with Crippen LogP contribution in [0.2, 0.25) is 0 Å². The molecule has 7 nitrogen and oxygen atoms in total. The van der Waals surface area contributed by atoms with Crippen LogP contribution in [0.15, 0.2) is 42.5 Å². The lowest BCUT2D eigenvalue weighted by atomic mass is 10.2. The highest BCUT2D eigenvalue weighted by Gasteiger charge is 2.16. The summed E-state index contributed by atoms with van der Waals surface area (Å²) in [6.45, 7) is 8.71. The minimum absolute atomic E-state index is 0.625. The molecule has 0 aromatic heterocycles. The van der Waals surface area contributed by atoms with Crippen LogP contribution in [0.3, 0.4) is 0 Å². The second-order valence-electron chi connectivity index (χ2n) is 7.80. The van der Waals surface area contributed by atoms with Gasteiger partial charge in [0.25, 0.3) is 0 Å². The van der Waals surface area contributed by atoms with Gasteiger partial charge in [-0.05, 0) is 31.6 Å². The summed E-state index contributed by atoms with van der Waals surface area (Å²) < 4.78 is 22.1. The molecule has 0 amide bonds. The molecule has 0 aliphatic carbocycles. The van der Waals surface area contributed by atoms with E-state index in [1.807, 2.05) is 43.3 Å². The zero-order chi connectivity index (χ0) is 23.5. The fourth-order valence-electron chi connectivity index (χ4n) is 3.78. The topological polar surface area (TPSA) is 55.4 Å². The number of benzene rings is 2. The minimum Gasteiger partial charge on any atom is -0.497 e. The number of ether oxygens (including phenoxy) is 4. The zero-order valence-electron chi connectivity index (χ0n) is 19.8. The number of thiocarbonyl (C=S) groups is 1. The second-order valence-corrected chi connectivity index (χ2v) is 8.19. The van der Waals surface area contributed by atoms with Crippen LogP contribution in [0.4, 0.5) is 5.69 Å². The second kappa shape index (κ2) is 13.2.